The van der Waals surface area contributed by atoms with Crippen LogP contribution in [0.2, 0.25) is 0 Å². The first-order chi connectivity index (χ1) is 10.1. The second-order valence-electron chi connectivity index (χ2n) is 3.96. The Morgan fingerprint density at radius 2 is 1.86 bits per heavy atom. The molecule has 7 heteroatoms. The third-order valence-corrected chi connectivity index (χ3v) is 2.73. The Morgan fingerprint density at radius 1 is 1.10 bits per heavy atom. The highest BCUT2D eigenvalue weighted by atomic mass is 19.1. The Bertz CT molecular complexity index is 674. The summed E-state index contributed by atoms with van der Waals surface area (Å²) < 4.78 is 29.2. The number of hydrogen-bond donors (Lipinski definition) is 0. The Kier molecular flexibility index (Phi) is 4.22. The zero-order valence-electron chi connectivity index (χ0n) is 11.3. The smallest absolute Gasteiger partial charge is 0.311 e. The first-order valence-electron chi connectivity index (χ1n) is 5.89. The van der Waals surface area contributed by atoms with Gasteiger partial charge >= 0.3 is 5.69 Å². The molecule has 0 heterocycles. The van der Waals surface area contributed by atoms with E-state index in [0.717, 1.165) is 0 Å². The summed E-state index contributed by atoms with van der Waals surface area (Å²) in [4.78, 5) is 10.4. The summed E-state index contributed by atoms with van der Waals surface area (Å²) in [7, 11) is 2.76. The lowest BCUT2D eigenvalue weighted by Gasteiger charge is -2.11. The number of nitro benzene ring substituents is 1. The van der Waals surface area contributed by atoms with Gasteiger partial charge in [-0.05, 0) is 18.2 Å². The van der Waals surface area contributed by atoms with Gasteiger partial charge in [-0.1, -0.05) is 6.07 Å². The Labute approximate surface area is 119 Å². The van der Waals surface area contributed by atoms with Crippen LogP contribution >= 0.6 is 0 Å². The van der Waals surface area contributed by atoms with Gasteiger partial charge in [0.25, 0.3) is 0 Å². The summed E-state index contributed by atoms with van der Waals surface area (Å²) in [5, 5.41) is 11.0. The first-order valence-corrected chi connectivity index (χ1v) is 5.89. The van der Waals surface area contributed by atoms with Crippen LogP contribution in [0.25, 0.3) is 0 Å². The molecule has 0 aromatic heterocycles. The second-order valence-corrected chi connectivity index (χ2v) is 3.96. The van der Waals surface area contributed by atoms with Crippen LogP contribution in [0, 0.1) is 15.9 Å². The van der Waals surface area contributed by atoms with Crippen LogP contribution < -0.4 is 14.2 Å². The minimum Gasteiger partial charge on any atom is -0.497 e. The van der Waals surface area contributed by atoms with E-state index in [9.17, 15) is 14.5 Å². The fourth-order valence-electron chi connectivity index (χ4n) is 1.71. The number of para-hydroxylation sites is 1. The lowest BCUT2D eigenvalue weighted by Crippen LogP contribution is -1.97. The van der Waals surface area contributed by atoms with Gasteiger partial charge in [-0.3, -0.25) is 10.1 Å². The van der Waals surface area contributed by atoms with Crippen molar-refractivity contribution in [1.29, 1.82) is 0 Å². The van der Waals surface area contributed by atoms with Crippen LogP contribution in [0.3, 0.4) is 0 Å². The quantitative estimate of drug-likeness (QED) is 0.623. The third kappa shape index (κ3) is 3.02. The van der Waals surface area contributed by atoms with Crippen LogP contribution in [0.1, 0.15) is 0 Å². The summed E-state index contributed by atoms with van der Waals surface area (Å²) >= 11 is 0. The molecule has 0 amide bonds. The van der Waals surface area contributed by atoms with Crippen molar-refractivity contribution < 1.29 is 23.5 Å². The standard InChI is InChI=1S/C14H12FNO5/c1-19-9-6-7-11(16(17)18)13(8-9)21-14-10(15)4-3-5-12(14)20-2/h3-8H,1-2H3. The van der Waals surface area contributed by atoms with Gasteiger partial charge in [0, 0.05) is 12.1 Å². The number of ether oxygens (including phenoxy) is 3. The molecule has 0 spiro atoms. The molecule has 0 bridgehead atoms. The zero-order valence-corrected chi connectivity index (χ0v) is 11.3. The van der Waals surface area contributed by atoms with E-state index in [1.54, 1.807) is 0 Å². The van der Waals surface area contributed by atoms with E-state index in [-0.39, 0.29) is 22.9 Å². The number of benzene rings is 2. The number of halogens is 1. The minimum atomic E-state index is -0.688. The monoisotopic (exact) mass is 293 g/mol. The van der Waals surface area contributed by atoms with E-state index in [1.807, 2.05) is 0 Å². The molecule has 0 aliphatic carbocycles. The van der Waals surface area contributed by atoms with E-state index in [2.05, 4.69) is 0 Å². The van der Waals surface area contributed by atoms with Gasteiger partial charge in [-0.15, -0.1) is 0 Å². The fraction of sp³-hybridized carbons (Fsp3) is 0.143. The molecule has 0 N–H and O–H groups in total. The van der Waals surface area contributed by atoms with Gasteiger partial charge in [-0.2, -0.15) is 0 Å². The lowest BCUT2D eigenvalue weighted by atomic mass is 10.2. The van der Waals surface area contributed by atoms with E-state index >= 15 is 0 Å². The lowest BCUT2D eigenvalue weighted by molar-refractivity contribution is -0.385. The molecule has 0 aliphatic rings. The Balaban J connectivity index is 2.50. The summed E-state index contributed by atoms with van der Waals surface area (Å²) in [6.07, 6.45) is 0. The highest BCUT2D eigenvalue weighted by Crippen LogP contribution is 2.39. The van der Waals surface area contributed by atoms with Crippen LogP contribution in [-0.4, -0.2) is 19.1 Å². The van der Waals surface area contributed by atoms with Gasteiger partial charge < -0.3 is 14.2 Å². The first kappa shape index (κ1) is 14.6. The number of methoxy groups -OCH3 is 2. The molecule has 0 fully saturated rings. The molecule has 0 radical (unpaired) electrons. The van der Waals surface area contributed by atoms with Crippen LogP contribution in [0.4, 0.5) is 10.1 Å². The van der Waals surface area contributed by atoms with E-state index in [0.29, 0.717) is 5.75 Å². The maximum absolute atomic E-state index is 13.8. The molecular weight excluding hydrogens is 281 g/mol. The topological polar surface area (TPSA) is 70.8 Å². The summed E-state index contributed by atoms with van der Waals surface area (Å²) in [5.74, 6) is -0.566. The van der Waals surface area contributed by atoms with E-state index in [1.165, 1.54) is 50.6 Å². The largest absolute Gasteiger partial charge is 0.497 e. The minimum absolute atomic E-state index is 0.132. The average molecular weight is 293 g/mol. The molecule has 2 aromatic carbocycles. The van der Waals surface area contributed by atoms with Gasteiger partial charge in [0.2, 0.25) is 11.5 Å². The molecule has 6 nitrogen and oxygen atoms in total. The van der Waals surface area contributed by atoms with Gasteiger partial charge in [-0.25, -0.2) is 4.39 Å². The summed E-state index contributed by atoms with van der Waals surface area (Å²) in [6.45, 7) is 0. The third-order valence-electron chi connectivity index (χ3n) is 2.73. The van der Waals surface area contributed by atoms with Gasteiger partial charge in [0.1, 0.15) is 5.75 Å². The Hall–Kier alpha value is -2.83. The summed E-state index contributed by atoms with van der Waals surface area (Å²) in [5.41, 5.74) is -0.305. The van der Waals surface area contributed by atoms with Gasteiger partial charge in [0.05, 0.1) is 19.1 Å². The highest BCUT2D eigenvalue weighted by Gasteiger charge is 2.20. The molecule has 0 unspecified atom stereocenters. The molecule has 2 rings (SSSR count). The van der Waals surface area contributed by atoms with Crippen molar-refractivity contribution in [3.05, 3.63) is 52.3 Å². The zero-order chi connectivity index (χ0) is 15.4. The highest BCUT2D eigenvalue weighted by molar-refractivity contribution is 5.54. The molecule has 0 saturated heterocycles. The molecule has 21 heavy (non-hydrogen) atoms. The molecule has 0 atom stereocenters. The molecule has 110 valence electrons. The molecular formula is C14H12FNO5. The van der Waals surface area contributed by atoms with Crippen molar-refractivity contribution in [3.63, 3.8) is 0 Å². The van der Waals surface area contributed by atoms with E-state index < -0.39 is 10.7 Å². The predicted molar refractivity (Wildman–Crippen MR) is 72.7 cm³/mol. The van der Waals surface area contributed by atoms with Crippen LogP contribution in [0.5, 0.6) is 23.0 Å². The average Bonchev–Trinajstić information content (AvgIpc) is 2.48. The molecule has 0 aliphatic heterocycles. The number of rotatable bonds is 5. The number of hydrogen-bond acceptors (Lipinski definition) is 5. The van der Waals surface area contributed by atoms with Crippen molar-refractivity contribution in [2.24, 2.45) is 0 Å². The molecule has 0 saturated carbocycles. The fourth-order valence-corrected chi connectivity index (χ4v) is 1.71. The summed E-state index contributed by atoms with van der Waals surface area (Å²) in [6, 6.07) is 8.06. The maximum atomic E-state index is 13.8. The van der Waals surface area contributed by atoms with Gasteiger partial charge in [0.15, 0.2) is 11.6 Å². The van der Waals surface area contributed by atoms with Crippen molar-refractivity contribution in [2.75, 3.05) is 14.2 Å². The Morgan fingerprint density at radius 3 is 2.48 bits per heavy atom. The van der Waals surface area contributed by atoms with Crippen LogP contribution in [0.15, 0.2) is 36.4 Å². The normalized spacial score (nSPS) is 10.0. The SMILES string of the molecule is COc1ccc([N+](=O)[O-])c(Oc2c(F)cccc2OC)c1. The second kappa shape index (κ2) is 6.08. The van der Waals surface area contributed by atoms with Crippen molar-refractivity contribution in [2.45, 2.75) is 0 Å². The number of nitro groups is 1. The predicted octanol–water partition coefficient (Wildman–Crippen LogP) is 3.54. The number of nitrogens with zero attached hydrogens (tertiary/aromatic N) is 1. The maximum Gasteiger partial charge on any atom is 0.311 e. The van der Waals surface area contributed by atoms with Crippen molar-refractivity contribution in [1.82, 2.24) is 0 Å². The van der Waals surface area contributed by atoms with Crippen molar-refractivity contribution in [3.8, 4) is 23.0 Å². The van der Waals surface area contributed by atoms with E-state index in [4.69, 9.17) is 14.2 Å². The van der Waals surface area contributed by atoms with Crippen LogP contribution in [-0.2, 0) is 0 Å². The molecule has 2 aromatic rings. The van der Waals surface area contributed by atoms with Crippen molar-refractivity contribution >= 4 is 5.69 Å².